The van der Waals surface area contributed by atoms with Crippen molar-refractivity contribution in [3.05, 3.63) is 68.7 Å². The minimum Gasteiger partial charge on any atom is -0.356 e. The van der Waals surface area contributed by atoms with Crippen LogP contribution in [0.4, 0.5) is 0 Å². The van der Waals surface area contributed by atoms with Crippen molar-refractivity contribution >= 4 is 40.9 Å². The van der Waals surface area contributed by atoms with Crippen molar-refractivity contribution in [3.63, 3.8) is 0 Å². The average Bonchev–Trinajstić information content (AvgIpc) is 2.82. The van der Waals surface area contributed by atoms with Gasteiger partial charge in [0.25, 0.3) is 11.8 Å². The molecule has 0 saturated heterocycles. The maximum Gasteiger partial charge on any atom is 0.261 e. The molecule has 3 rings (SSSR count). The Morgan fingerprint density at radius 3 is 2.37 bits per heavy atom. The first-order valence-electron chi connectivity index (χ1n) is 8.53. The maximum atomic E-state index is 12.4. The van der Waals surface area contributed by atoms with E-state index in [9.17, 15) is 14.4 Å². The van der Waals surface area contributed by atoms with Crippen molar-refractivity contribution in [3.8, 4) is 0 Å². The zero-order valence-electron chi connectivity index (χ0n) is 14.7. The Labute approximate surface area is 167 Å². The molecule has 7 heteroatoms. The topological polar surface area (TPSA) is 66.5 Å². The van der Waals surface area contributed by atoms with Gasteiger partial charge in [-0.1, -0.05) is 34.8 Å². The fourth-order valence-corrected chi connectivity index (χ4v) is 3.58. The summed E-state index contributed by atoms with van der Waals surface area (Å²) in [6.45, 7) is 2.33. The second-order valence-corrected chi connectivity index (χ2v) is 7.31. The van der Waals surface area contributed by atoms with Crippen LogP contribution in [0.15, 0.2) is 36.4 Å². The quantitative estimate of drug-likeness (QED) is 0.747. The Kier molecular flexibility index (Phi) is 5.82. The molecule has 0 aliphatic carbocycles. The van der Waals surface area contributed by atoms with Crippen LogP contribution in [0.1, 0.15) is 38.3 Å². The fraction of sp³-hybridized carbons (Fsp3) is 0.250. The number of carbonyl (C=O) groups excluding carboxylic acids is 3. The van der Waals surface area contributed by atoms with Gasteiger partial charge in [0.2, 0.25) is 5.91 Å². The molecule has 2 aromatic carbocycles. The van der Waals surface area contributed by atoms with Crippen LogP contribution in [-0.4, -0.2) is 35.7 Å². The summed E-state index contributed by atoms with van der Waals surface area (Å²) in [7, 11) is 0. The highest BCUT2D eigenvalue weighted by molar-refractivity contribution is 6.34. The van der Waals surface area contributed by atoms with E-state index in [4.69, 9.17) is 23.2 Å². The lowest BCUT2D eigenvalue weighted by Gasteiger charge is -2.13. The minimum atomic E-state index is -0.351. The summed E-state index contributed by atoms with van der Waals surface area (Å²) in [5.41, 5.74) is 2.63. The lowest BCUT2D eigenvalue weighted by atomic mass is 10.1. The van der Waals surface area contributed by atoms with Crippen molar-refractivity contribution in [2.75, 3.05) is 13.1 Å². The Balaban J connectivity index is 1.50. The lowest BCUT2D eigenvalue weighted by Crippen LogP contribution is -2.35. The second-order valence-electron chi connectivity index (χ2n) is 6.44. The van der Waals surface area contributed by atoms with E-state index < -0.39 is 0 Å². The predicted molar refractivity (Wildman–Crippen MR) is 104 cm³/mol. The zero-order valence-corrected chi connectivity index (χ0v) is 16.2. The molecule has 5 nitrogen and oxygen atoms in total. The molecule has 1 aliphatic rings. The maximum absolute atomic E-state index is 12.4. The smallest absolute Gasteiger partial charge is 0.261 e. The molecular weight excluding hydrogens is 387 g/mol. The molecule has 3 amide bonds. The Bertz CT molecular complexity index is 907. The molecular formula is C20H18Cl2N2O3. The van der Waals surface area contributed by atoms with Crippen LogP contribution in [-0.2, 0) is 11.2 Å². The Morgan fingerprint density at radius 1 is 1.00 bits per heavy atom. The van der Waals surface area contributed by atoms with E-state index in [0.717, 1.165) is 16.0 Å². The monoisotopic (exact) mass is 404 g/mol. The van der Waals surface area contributed by atoms with Crippen molar-refractivity contribution in [1.29, 1.82) is 0 Å². The summed E-state index contributed by atoms with van der Waals surface area (Å²) in [6.07, 6.45) is 0.638. The normalized spacial score (nSPS) is 13.1. The van der Waals surface area contributed by atoms with Crippen molar-refractivity contribution in [2.24, 2.45) is 0 Å². The first kappa shape index (κ1) is 19.4. The van der Waals surface area contributed by atoms with Gasteiger partial charge in [-0.05, 0) is 49.2 Å². The number of benzene rings is 2. The van der Waals surface area contributed by atoms with Gasteiger partial charge in [0, 0.05) is 29.6 Å². The van der Waals surface area contributed by atoms with Crippen LogP contribution in [0, 0.1) is 6.92 Å². The van der Waals surface area contributed by atoms with E-state index in [1.165, 1.54) is 0 Å². The number of fused-ring (bicyclic) bond motifs is 1. The number of rotatable bonds is 6. The van der Waals surface area contributed by atoms with E-state index in [0.29, 0.717) is 34.1 Å². The van der Waals surface area contributed by atoms with E-state index in [-0.39, 0.29) is 30.7 Å². The molecule has 1 heterocycles. The van der Waals surface area contributed by atoms with Gasteiger partial charge in [-0.2, -0.15) is 0 Å². The van der Waals surface area contributed by atoms with Crippen molar-refractivity contribution < 1.29 is 14.4 Å². The molecule has 140 valence electrons. The Hall–Kier alpha value is -2.37. The highest BCUT2D eigenvalue weighted by Crippen LogP contribution is 2.24. The molecule has 27 heavy (non-hydrogen) atoms. The van der Waals surface area contributed by atoms with Crippen LogP contribution < -0.4 is 5.32 Å². The van der Waals surface area contributed by atoms with Gasteiger partial charge >= 0.3 is 0 Å². The third kappa shape index (κ3) is 4.49. The van der Waals surface area contributed by atoms with Gasteiger partial charge in [-0.15, -0.1) is 0 Å². The number of halogens is 2. The van der Waals surface area contributed by atoms with Crippen LogP contribution in [0.3, 0.4) is 0 Å². The van der Waals surface area contributed by atoms with Crippen LogP contribution in [0.25, 0.3) is 0 Å². The summed E-state index contributed by atoms with van der Waals surface area (Å²) in [6, 6.07) is 10.4. The van der Waals surface area contributed by atoms with Gasteiger partial charge in [-0.25, -0.2) is 0 Å². The van der Waals surface area contributed by atoms with Crippen LogP contribution >= 0.6 is 23.2 Å². The fourth-order valence-electron chi connectivity index (χ4n) is 3.01. The van der Waals surface area contributed by atoms with Gasteiger partial charge in [0.1, 0.15) is 0 Å². The molecule has 0 fully saturated rings. The molecule has 2 aromatic rings. The SMILES string of the molecule is Cc1ccc2c(c1)C(=O)N(CCC(=O)NCCc1cc(Cl)cc(Cl)c1)C2=O. The Morgan fingerprint density at radius 2 is 1.67 bits per heavy atom. The van der Waals surface area contributed by atoms with Gasteiger partial charge in [0.05, 0.1) is 11.1 Å². The highest BCUT2D eigenvalue weighted by atomic mass is 35.5. The first-order valence-corrected chi connectivity index (χ1v) is 9.29. The molecule has 1 aliphatic heterocycles. The van der Waals surface area contributed by atoms with Crippen LogP contribution in [0.5, 0.6) is 0 Å². The minimum absolute atomic E-state index is 0.0558. The molecule has 0 saturated carbocycles. The zero-order chi connectivity index (χ0) is 19.6. The summed E-state index contributed by atoms with van der Waals surface area (Å²) < 4.78 is 0. The molecule has 0 bridgehead atoms. The lowest BCUT2D eigenvalue weighted by molar-refractivity contribution is -0.121. The molecule has 0 radical (unpaired) electrons. The summed E-state index contributed by atoms with van der Waals surface area (Å²) in [5.74, 6) is -0.924. The van der Waals surface area contributed by atoms with E-state index in [1.54, 1.807) is 36.4 Å². The number of aryl methyl sites for hydroxylation is 1. The largest absolute Gasteiger partial charge is 0.356 e. The van der Waals surface area contributed by atoms with Crippen molar-refractivity contribution in [1.82, 2.24) is 10.2 Å². The third-order valence-corrected chi connectivity index (χ3v) is 4.78. The van der Waals surface area contributed by atoms with E-state index >= 15 is 0 Å². The number of hydrogen-bond acceptors (Lipinski definition) is 3. The summed E-state index contributed by atoms with van der Waals surface area (Å²) in [5, 5.41) is 3.87. The number of nitrogens with zero attached hydrogens (tertiary/aromatic N) is 1. The first-order chi connectivity index (χ1) is 12.8. The van der Waals surface area contributed by atoms with Gasteiger partial charge in [-0.3, -0.25) is 19.3 Å². The molecule has 0 unspecified atom stereocenters. The molecule has 0 atom stereocenters. The summed E-state index contributed by atoms with van der Waals surface area (Å²) in [4.78, 5) is 37.9. The standard InChI is InChI=1S/C20H18Cl2N2O3/c1-12-2-3-16-17(8-12)20(27)24(19(16)26)7-5-18(25)23-6-4-13-9-14(21)11-15(22)10-13/h2-3,8-11H,4-7H2,1H3,(H,23,25). The van der Waals surface area contributed by atoms with Crippen LogP contribution in [0.2, 0.25) is 10.0 Å². The molecule has 0 spiro atoms. The van der Waals surface area contributed by atoms with Crippen molar-refractivity contribution in [2.45, 2.75) is 19.8 Å². The second kappa shape index (κ2) is 8.11. The van der Waals surface area contributed by atoms with Gasteiger partial charge < -0.3 is 5.32 Å². The molecule has 0 aromatic heterocycles. The number of hydrogen-bond donors (Lipinski definition) is 1. The number of amides is 3. The average molecular weight is 405 g/mol. The van der Waals surface area contributed by atoms with Gasteiger partial charge in [0.15, 0.2) is 0 Å². The summed E-state index contributed by atoms with van der Waals surface area (Å²) >= 11 is 11.9. The predicted octanol–water partition coefficient (Wildman–Crippen LogP) is 3.65. The number of nitrogens with one attached hydrogen (secondary N) is 1. The number of carbonyl (C=O) groups is 3. The van der Waals surface area contributed by atoms with E-state index in [1.807, 2.05) is 6.92 Å². The number of imide groups is 1. The highest BCUT2D eigenvalue weighted by Gasteiger charge is 2.35. The third-order valence-electron chi connectivity index (χ3n) is 4.35. The molecule has 1 N–H and O–H groups in total. The van der Waals surface area contributed by atoms with E-state index in [2.05, 4.69) is 5.32 Å².